The van der Waals surface area contributed by atoms with Crippen LogP contribution in [0.1, 0.15) is 16.1 Å². The van der Waals surface area contributed by atoms with Crippen LogP contribution in [0.2, 0.25) is 5.02 Å². The predicted octanol–water partition coefficient (Wildman–Crippen LogP) is 4.86. The number of carboxylic acid groups (broad SMARTS) is 1. The van der Waals surface area contributed by atoms with E-state index >= 15 is 0 Å². The van der Waals surface area contributed by atoms with Gasteiger partial charge in [0.2, 0.25) is 5.91 Å². The molecule has 0 saturated carbocycles. The topological polar surface area (TPSA) is 123 Å². The molecular weight excluding hydrogens is 400 g/mol. The zero-order valence-corrected chi connectivity index (χ0v) is 15.4. The molecule has 1 aromatic heterocycles. The molecule has 146 valence electrons. The summed E-state index contributed by atoms with van der Waals surface area (Å²) in [6.07, 6.45) is 2.55. The largest absolute Gasteiger partial charge is 0.478 e. The Morgan fingerprint density at radius 2 is 1.90 bits per heavy atom. The summed E-state index contributed by atoms with van der Waals surface area (Å²) in [5, 5.41) is 22.8. The number of carboxylic acids is 1. The van der Waals surface area contributed by atoms with Gasteiger partial charge in [-0.25, -0.2) is 4.79 Å². The van der Waals surface area contributed by atoms with Gasteiger partial charge in [0.1, 0.15) is 11.5 Å². The fourth-order valence-electron chi connectivity index (χ4n) is 2.51. The number of furan rings is 1. The normalized spacial score (nSPS) is 10.8. The van der Waals surface area contributed by atoms with E-state index in [2.05, 4.69) is 5.32 Å². The van der Waals surface area contributed by atoms with E-state index in [0.717, 1.165) is 0 Å². The molecule has 3 aromatic rings. The van der Waals surface area contributed by atoms with Crippen molar-refractivity contribution in [3.63, 3.8) is 0 Å². The number of para-hydroxylation sites is 1. The first-order valence-electron chi connectivity index (χ1n) is 8.20. The number of aromatic carboxylic acids is 1. The number of carbonyl (C=O) groups is 2. The van der Waals surface area contributed by atoms with Gasteiger partial charge in [0.05, 0.1) is 26.8 Å². The second-order valence-corrected chi connectivity index (χ2v) is 6.21. The number of nitrogens with zero attached hydrogens (tertiary/aromatic N) is 1. The van der Waals surface area contributed by atoms with Gasteiger partial charge in [0.25, 0.3) is 5.69 Å². The van der Waals surface area contributed by atoms with Gasteiger partial charge in [-0.15, -0.1) is 0 Å². The number of hydrogen-bond acceptors (Lipinski definition) is 5. The molecule has 1 heterocycles. The Kier molecular flexibility index (Phi) is 5.75. The number of rotatable bonds is 6. The first-order chi connectivity index (χ1) is 13.8. The van der Waals surface area contributed by atoms with Crippen LogP contribution in [0.15, 0.2) is 65.1 Å². The molecule has 9 heteroatoms. The summed E-state index contributed by atoms with van der Waals surface area (Å²) < 4.78 is 5.56. The lowest BCUT2D eigenvalue weighted by atomic mass is 10.1. The van der Waals surface area contributed by atoms with Crippen molar-refractivity contribution in [3.05, 3.63) is 87.1 Å². The molecule has 0 aliphatic carbocycles. The molecule has 0 radical (unpaired) electrons. The van der Waals surface area contributed by atoms with Crippen molar-refractivity contribution in [2.45, 2.75) is 0 Å². The van der Waals surface area contributed by atoms with Crippen LogP contribution >= 0.6 is 11.6 Å². The van der Waals surface area contributed by atoms with E-state index in [1.807, 2.05) is 0 Å². The minimum Gasteiger partial charge on any atom is -0.478 e. The fourth-order valence-corrected chi connectivity index (χ4v) is 2.68. The van der Waals surface area contributed by atoms with E-state index in [4.69, 9.17) is 21.1 Å². The summed E-state index contributed by atoms with van der Waals surface area (Å²) >= 11 is 5.97. The van der Waals surface area contributed by atoms with Crippen molar-refractivity contribution in [3.8, 4) is 11.3 Å². The van der Waals surface area contributed by atoms with Gasteiger partial charge in [-0.1, -0.05) is 23.7 Å². The fraction of sp³-hybridized carbons (Fsp3) is 0. The Balaban J connectivity index is 1.75. The molecule has 0 aliphatic rings. The number of halogens is 1. The standard InChI is InChI=1S/C20H13ClN2O6/c21-15-8-5-12(20(25)26)11-16(15)22-19(24)10-7-13-6-9-18(29-13)14-3-1-2-4-17(14)23(27)28/h1-11H,(H,22,24)(H,25,26)/b10-7+. The molecule has 2 N–H and O–H groups in total. The monoisotopic (exact) mass is 412 g/mol. The molecule has 0 saturated heterocycles. The minimum atomic E-state index is -1.15. The highest BCUT2D eigenvalue weighted by atomic mass is 35.5. The highest BCUT2D eigenvalue weighted by Gasteiger charge is 2.16. The number of nitrogens with one attached hydrogen (secondary N) is 1. The highest BCUT2D eigenvalue weighted by Crippen LogP contribution is 2.31. The Hall–Kier alpha value is -3.91. The lowest BCUT2D eigenvalue weighted by Crippen LogP contribution is -2.09. The summed E-state index contributed by atoms with van der Waals surface area (Å²) in [5.74, 6) is -1.11. The van der Waals surface area contributed by atoms with E-state index < -0.39 is 16.8 Å². The van der Waals surface area contributed by atoms with Crippen LogP contribution in [0.25, 0.3) is 17.4 Å². The van der Waals surface area contributed by atoms with Crippen molar-refractivity contribution in [2.24, 2.45) is 0 Å². The van der Waals surface area contributed by atoms with E-state index in [0.29, 0.717) is 11.3 Å². The summed E-state index contributed by atoms with van der Waals surface area (Å²) in [4.78, 5) is 33.8. The summed E-state index contributed by atoms with van der Waals surface area (Å²) in [5.41, 5.74) is 0.358. The van der Waals surface area contributed by atoms with Gasteiger partial charge in [0.15, 0.2) is 0 Å². The van der Waals surface area contributed by atoms with Crippen LogP contribution in [0.5, 0.6) is 0 Å². The summed E-state index contributed by atoms with van der Waals surface area (Å²) in [6.45, 7) is 0. The molecule has 0 fully saturated rings. The van der Waals surface area contributed by atoms with Crippen molar-refractivity contribution < 1.29 is 24.0 Å². The third kappa shape index (κ3) is 4.69. The molecule has 1 amide bonds. The quantitative estimate of drug-likeness (QED) is 0.338. The zero-order chi connectivity index (χ0) is 21.0. The second-order valence-electron chi connectivity index (χ2n) is 5.80. The molecule has 0 aliphatic heterocycles. The van der Waals surface area contributed by atoms with Crippen LogP contribution in [-0.4, -0.2) is 21.9 Å². The van der Waals surface area contributed by atoms with Crippen LogP contribution in [0.4, 0.5) is 11.4 Å². The van der Waals surface area contributed by atoms with E-state index in [1.54, 1.807) is 30.3 Å². The molecule has 3 rings (SSSR count). The molecule has 0 atom stereocenters. The smallest absolute Gasteiger partial charge is 0.335 e. The van der Waals surface area contributed by atoms with Crippen molar-refractivity contribution in [1.82, 2.24) is 0 Å². The maximum atomic E-state index is 12.1. The van der Waals surface area contributed by atoms with Gasteiger partial charge >= 0.3 is 5.97 Å². The lowest BCUT2D eigenvalue weighted by molar-refractivity contribution is -0.384. The Morgan fingerprint density at radius 3 is 2.62 bits per heavy atom. The summed E-state index contributed by atoms with van der Waals surface area (Å²) in [6, 6.07) is 13.2. The number of hydrogen-bond donors (Lipinski definition) is 2. The Bertz CT molecular complexity index is 1140. The SMILES string of the molecule is O=C(/C=C/c1ccc(-c2ccccc2[N+](=O)[O-])o1)Nc1cc(C(=O)O)ccc1Cl. The third-order valence-electron chi connectivity index (χ3n) is 3.86. The van der Waals surface area contributed by atoms with Gasteiger partial charge in [0, 0.05) is 12.1 Å². The van der Waals surface area contributed by atoms with E-state index in [1.165, 1.54) is 36.4 Å². The number of amides is 1. The van der Waals surface area contributed by atoms with Gasteiger partial charge in [-0.2, -0.15) is 0 Å². The average Bonchev–Trinajstić information content (AvgIpc) is 3.17. The molecular formula is C20H13ClN2O6. The number of nitro groups is 1. The third-order valence-corrected chi connectivity index (χ3v) is 4.19. The van der Waals surface area contributed by atoms with Crippen molar-refractivity contribution >= 4 is 40.9 Å². The molecule has 0 spiro atoms. The average molecular weight is 413 g/mol. The maximum absolute atomic E-state index is 12.1. The van der Waals surface area contributed by atoms with Gasteiger partial charge in [-0.3, -0.25) is 14.9 Å². The number of anilines is 1. The molecule has 0 bridgehead atoms. The van der Waals surface area contributed by atoms with Gasteiger partial charge < -0.3 is 14.8 Å². The van der Waals surface area contributed by atoms with E-state index in [9.17, 15) is 19.7 Å². The maximum Gasteiger partial charge on any atom is 0.335 e. The first kappa shape index (κ1) is 19.8. The van der Waals surface area contributed by atoms with Crippen molar-refractivity contribution in [1.29, 1.82) is 0 Å². The predicted molar refractivity (Wildman–Crippen MR) is 107 cm³/mol. The second kappa shape index (κ2) is 8.41. The lowest BCUT2D eigenvalue weighted by Gasteiger charge is -2.05. The first-order valence-corrected chi connectivity index (χ1v) is 8.58. The van der Waals surface area contributed by atoms with Crippen LogP contribution in [0, 0.1) is 10.1 Å². The molecule has 8 nitrogen and oxygen atoms in total. The van der Waals surface area contributed by atoms with Crippen LogP contribution in [0.3, 0.4) is 0 Å². The number of benzene rings is 2. The highest BCUT2D eigenvalue weighted by molar-refractivity contribution is 6.34. The molecule has 2 aromatic carbocycles. The van der Waals surface area contributed by atoms with Crippen LogP contribution < -0.4 is 5.32 Å². The zero-order valence-electron chi connectivity index (χ0n) is 14.7. The number of nitro benzene ring substituents is 1. The Labute approximate surface area is 169 Å². The number of carbonyl (C=O) groups excluding carboxylic acids is 1. The molecule has 0 unspecified atom stereocenters. The van der Waals surface area contributed by atoms with Crippen LogP contribution in [-0.2, 0) is 4.79 Å². The van der Waals surface area contributed by atoms with Crippen molar-refractivity contribution in [2.75, 3.05) is 5.32 Å². The van der Waals surface area contributed by atoms with Gasteiger partial charge in [-0.05, 0) is 42.5 Å². The molecule has 29 heavy (non-hydrogen) atoms. The minimum absolute atomic E-state index is 0.0196. The van der Waals surface area contributed by atoms with E-state index in [-0.39, 0.29) is 27.7 Å². The summed E-state index contributed by atoms with van der Waals surface area (Å²) in [7, 11) is 0. The Morgan fingerprint density at radius 1 is 1.14 bits per heavy atom.